The second-order valence-corrected chi connectivity index (χ2v) is 9.89. The van der Waals surface area contributed by atoms with Gasteiger partial charge in [0.2, 0.25) is 5.91 Å². The van der Waals surface area contributed by atoms with Crippen molar-refractivity contribution in [3.63, 3.8) is 0 Å². The molecule has 0 aliphatic heterocycles. The molecule has 0 unspecified atom stereocenters. The predicted octanol–water partition coefficient (Wildman–Crippen LogP) is 6.05. The molecule has 9 heteroatoms. The van der Waals surface area contributed by atoms with Gasteiger partial charge in [0, 0.05) is 11.6 Å². The molecule has 0 fully saturated rings. The highest BCUT2D eigenvalue weighted by molar-refractivity contribution is 7.99. The fourth-order valence-electron chi connectivity index (χ4n) is 3.16. The number of benzene rings is 2. The summed E-state index contributed by atoms with van der Waals surface area (Å²) in [6, 6.07) is 14.8. The monoisotopic (exact) mass is 503 g/mol. The van der Waals surface area contributed by atoms with E-state index in [0.717, 1.165) is 11.1 Å². The van der Waals surface area contributed by atoms with E-state index in [-0.39, 0.29) is 17.2 Å². The summed E-state index contributed by atoms with van der Waals surface area (Å²) >= 11 is 14.8. The van der Waals surface area contributed by atoms with Gasteiger partial charge in [0.05, 0.1) is 22.0 Å². The van der Waals surface area contributed by atoms with Gasteiger partial charge >= 0.3 is 0 Å². The molecule has 1 amide bonds. The third-order valence-electron chi connectivity index (χ3n) is 4.80. The van der Waals surface area contributed by atoms with Crippen molar-refractivity contribution in [2.75, 3.05) is 11.1 Å². The quantitative estimate of drug-likeness (QED) is 0.246. The zero-order chi connectivity index (χ0) is 22.7. The molecule has 5 nitrogen and oxygen atoms in total. The summed E-state index contributed by atoms with van der Waals surface area (Å²) in [6.45, 7) is 2.39. The number of hydrogen-bond donors (Lipinski definition) is 1. The molecule has 164 valence electrons. The fourth-order valence-corrected chi connectivity index (χ4v) is 5.17. The van der Waals surface area contributed by atoms with Crippen LogP contribution in [0.5, 0.6) is 0 Å². The van der Waals surface area contributed by atoms with E-state index in [9.17, 15) is 9.59 Å². The summed E-state index contributed by atoms with van der Waals surface area (Å²) < 4.78 is 2.26. The van der Waals surface area contributed by atoms with E-state index in [1.165, 1.54) is 23.1 Å². The van der Waals surface area contributed by atoms with Crippen LogP contribution in [0.1, 0.15) is 11.1 Å². The lowest BCUT2D eigenvalue weighted by atomic mass is 10.1. The van der Waals surface area contributed by atoms with Crippen LogP contribution >= 0.6 is 46.3 Å². The van der Waals surface area contributed by atoms with Gasteiger partial charge in [0.25, 0.3) is 5.56 Å². The zero-order valence-electron chi connectivity index (χ0n) is 17.1. The summed E-state index contributed by atoms with van der Waals surface area (Å²) in [5.74, 6) is -0.114. The number of amides is 1. The van der Waals surface area contributed by atoms with Gasteiger partial charge in [-0.1, -0.05) is 53.2 Å². The molecule has 2 heterocycles. The Labute approximate surface area is 203 Å². The number of carbonyl (C=O) groups is 1. The highest BCUT2D eigenvalue weighted by Gasteiger charge is 2.15. The van der Waals surface area contributed by atoms with E-state index in [2.05, 4.69) is 10.3 Å². The number of aromatic nitrogens is 2. The highest BCUT2D eigenvalue weighted by Crippen LogP contribution is 2.25. The number of rotatable bonds is 7. The molecule has 0 aliphatic rings. The molecule has 32 heavy (non-hydrogen) atoms. The molecule has 0 spiro atoms. The fraction of sp³-hybridized carbons (Fsp3) is 0.174. The number of nitrogens with one attached hydrogen (secondary N) is 1. The van der Waals surface area contributed by atoms with Crippen LogP contribution in [0.15, 0.2) is 63.9 Å². The van der Waals surface area contributed by atoms with Gasteiger partial charge in [-0.2, -0.15) is 0 Å². The van der Waals surface area contributed by atoms with E-state index < -0.39 is 0 Å². The lowest BCUT2D eigenvalue weighted by Crippen LogP contribution is -2.24. The van der Waals surface area contributed by atoms with E-state index in [1.807, 2.05) is 48.7 Å². The second kappa shape index (κ2) is 10.1. The topological polar surface area (TPSA) is 64.0 Å². The lowest BCUT2D eigenvalue weighted by molar-refractivity contribution is -0.113. The Hall–Kier alpha value is -2.32. The van der Waals surface area contributed by atoms with Gasteiger partial charge in [0.15, 0.2) is 5.16 Å². The molecule has 1 N–H and O–H groups in total. The average Bonchev–Trinajstić information content (AvgIpc) is 3.24. The van der Waals surface area contributed by atoms with Crippen molar-refractivity contribution < 1.29 is 4.79 Å². The minimum absolute atomic E-state index is 0.0940. The van der Waals surface area contributed by atoms with Crippen molar-refractivity contribution >= 4 is 68.1 Å². The minimum atomic E-state index is -0.218. The first-order valence-electron chi connectivity index (χ1n) is 9.82. The van der Waals surface area contributed by atoms with Crippen LogP contribution in [-0.4, -0.2) is 21.2 Å². The molecular weight excluding hydrogens is 485 g/mol. The largest absolute Gasteiger partial charge is 0.324 e. The van der Waals surface area contributed by atoms with Crippen molar-refractivity contribution in [3.8, 4) is 0 Å². The molecule has 2 aromatic heterocycles. The number of halogens is 2. The van der Waals surface area contributed by atoms with Gasteiger partial charge in [-0.05, 0) is 60.2 Å². The Morgan fingerprint density at radius 2 is 1.94 bits per heavy atom. The van der Waals surface area contributed by atoms with Gasteiger partial charge < -0.3 is 5.32 Å². The number of hydrogen-bond acceptors (Lipinski definition) is 5. The van der Waals surface area contributed by atoms with Gasteiger partial charge in [-0.3, -0.25) is 14.2 Å². The van der Waals surface area contributed by atoms with E-state index >= 15 is 0 Å². The predicted molar refractivity (Wildman–Crippen MR) is 135 cm³/mol. The average molecular weight is 504 g/mol. The second-order valence-electron chi connectivity index (χ2n) is 7.18. The molecule has 0 saturated carbocycles. The third kappa shape index (κ3) is 5.35. The lowest BCUT2D eigenvalue weighted by Gasteiger charge is -2.12. The molecule has 2 aromatic carbocycles. The summed E-state index contributed by atoms with van der Waals surface area (Å²) in [5.41, 5.74) is 3.19. The number of nitrogens with zero attached hydrogens (tertiary/aromatic N) is 2. The highest BCUT2D eigenvalue weighted by atomic mass is 35.5. The summed E-state index contributed by atoms with van der Waals surface area (Å²) in [7, 11) is 0. The first kappa shape index (κ1) is 22.9. The maximum absolute atomic E-state index is 13.1. The molecule has 0 atom stereocenters. The normalized spacial score (nSPS) is 11.1. The van der Waals surface area contributed by atoms with Crippen LogP contribution < -0.4 is 10.9 Å². The number of thioether (sulfide) groups is 1. The first-order chi connectivity index (χ1) is 15.4. The van der Waals surface area contributed by atoms with Crippen molar-refractivity contribution in [2.45, 2.75) is 25.0 Å². The Bertz CT molecular complexity index is 1330. The molecular formula is C23H19Cl2N3O2S2. The first-order valence-corrected chi connectivity index (χ1v) is 12.4. The number of carbonyl (C=O) groups excluding carboxylic acids is 1. The zero-order valence-corrected chi connectivity index (χ0v) is 20.2. The van der Waals surface area contributed by atoms with Crippen molar-refractivity contribution in [3.05, 3.63) is 85.4 Å². The Morgan fingerprint density at radius 1 is 1.16 bits per heavy atom. The molecule has 0 saturated heterocycles. The Balaban J connectivity index is 1.52. The Kier molecular flexibility index (Phi) is 7.20. The molecule has 0 aliphatic carbocycles. The van der Waals surface area contributed by atoms with Gasteiger partial charge in [-0.25, -0.2) is 4.98 Å². The minimum Gasteiger partial charge on any atom is -0.324 e. The van der Waals surface area contributed by atoms with Crippen molar-refractivity contribution in [1.29, 1.82) is 0 Å². The van der Waals surface area contributed by atoms with Crippen molar-refractivity contribution in [2.24, 2.45) is 0 Å². The maximum atomic E-state index is 13.1. The molecule has 0 bridgehead atoms. The van der Waals surface area contributed by atoms with E-state index in [4.69, 9.17) is 23.2 Å². The van der Waals surface area contributed by atoms with Crippen LogP contribution in [-0.2, 0) is 17.8 Å². The number of thiophene rings is 1. The number of aryl methyl sites for hydroxylation is 2. The Morgan fingerprint density at radius 3 is 2.69 bits per heavy atom. The smallest absolute Gasteiger partial charge is 0.272 e. The van der Waals surface area contributed by atoms with Crippen LogP contribution in [0.4, 0.5) is 5.69 Å². The number of fused-ring (bicyclic) bond motifs is 1. The third-order valence-corrected chi connectivity index (χ3v) is 7.23. The van der Waals surface area contributed by atoms with Gasteiger partial charge in [-0.15, -0.1) is 11.3 Å². The standard InChI is InChI=1S/C23H19Cl2N3O2S2/c1-14-2-7-18(17(25)12-14)26-20(29)13-32-23-27-19-9-11-31-21(19)22(30)28(23)10-8-15-3-5-16(24)6-4-15/h2-7,9,11-12H,8,10,13H2,1H3,(H,26,29). The van der Waals surface area contributed by atoms with E-state index in [1.54, 1.807) is 16.7 Å². The van der Waals surface area contributed by atoms with Crippen LogP contribution in [0, 0.1) is 6.92 Å². The van der Waals surface area contributed by atoms with Gasteiger partial charge in [0.1, 0.15) is 4.70 Å². The molecule has 4 rings (SSSR count). The van der Waals surface area contributed by atoms with Crippen LogP contribution in [0.2, 0.25) is 10.0 Å². The van der Waals surface area contributed by atoms with Crippen LogP contribution in [0.25, 0.3) is 10.2 Å². The summed E-state index contributed by atoms with van der Waals surface area (Å²) in [4.78, 5) is 30.2. The number of anilines is 1. The maximum Gasteiger partial charge on any atom is 0.272 e. The van der Waals surface area contributed by atoms with Crippen molar-refractivity contribution in [1.82, 2.24) is 9.55 Å². The molecule has 4 aromatic rings. The summed E-state index contributed by atoms with van der Waals surface area (Å²) in [5, 5.41) is 6.34. The van der Waals surface area contributed by atoms with E-state index in [0.29, 0.717) is 44.1 Å². The SMILES string of the molecule is Cc1ccc(NC(=O)CSc2nc3ccsc3c(=O)n2CCc2ccc(Cl)cc2)c(Cl)c1. The van der Waals surface area contributed by atoms with Crippen LogP contribution in [0.3, 0.4) is 0 Å². The summed E-state index contributed by atoms with van der Waals surface area (Å²) in [6.07, 6.45) is 0.647. The molecule has 0 radical (unpaired) electrons.